The number of anilines is 2. The van der Waals surface area contributed by atoms with Gasteiger partial charge in [-0.3, -0.25) is 9.48 Å². The molecule has 0 aliphatic carbocycles. The average molecular weight is 260 g/mol. The third kappa shape index (κ3) is 3.48. The summed E-state index contributed by atoms with van der Waals surface area (Å²) >= 11 is 0. The lowest BCUT2D eigenvalue weighted by Crippen LogP contribution is -2.15. The van der Waals surface area contributed by atoms with Crippen LogP contribution in [0.5, 0.6) is 5.75 Å². The van der Waals surface area contributed by atoms with Crippen molar-refractivity contribution in [2.24, 2.45) is 0 Å². The van der Waals surface area contributed by atoms with E-state index in [9.17, 15) is 4.79 Å². The minimum Gasteiger partial charge on any atom is -0.494 e. The van der Waals surface area contributed by atoms with Crippen molar-refractivity contribution in [2.75, 3.05) is 18.2 Å². The predicted molar refractivity (Wildman–Crippen MR) is 72.9 cm³/mol. The van der Waals surface area contributed by atoms with E-state index in [0.29, 0.717) is 30.1 Å². The van der Waals surface area contributed by atoms with Crippen molar-refractivity contribution in [3.8, 4) is 5.75 Å². The highest BCUT2D eigenvalue weighted by molar-refractivity contribution is 5.92. The molecule has 6 heteroatoms. The zero-order valence-corrected chi connectivity index (χ0v) is 10.7. The second kappa shape index (κ2) is 5.90. The minimum absolute atomic E-state index is 0.0985. The molecule has 0 saturated carbocycles. The van der Waals surface area contributed by atoms with Crippen LogP contribution in [0.1, 0.15) is 6.42 Å². The van der Waals surface area contributed by atoms with Gasteiger partial charge in [0.2, 0.25) is 5.91 Å². The van der Waals surface area contributed by atoms with Gasteiger partial charge in [0.15, 0.2) is 0 Å². The third-order valence-electron chi connectivity index (χ3n) is 2.63. The molecule has 0 bridgehead atoms. The fourth-order valence-corrected chi connectivity index (χ4v) is 1.67. The zero-order chi connectivity index (χ0) is 13.7. The van der Waals surface area contributed by atoms with E-state index in [2.05, 4.69) is 10.4 Å². The SMILES string of the molecule is COc1cc(N)ccc1NC(=O)CCn1cccn1. The molecule has 6 nitrogen and oxygen atoms in total. The van der Waals surface area contributed by atoms with E-state index in [4.69, 9.17) is 10.5 Å². The first-order chi connectivity index (χ1) is 9.19. The Morgan fingerprint density at radius 1 is 1.53 bits per heavy atom. The van der Waals surface area contributed by atoms with Gasteiger partial charge in [0, 0.05) is 37.1 Å². The van der Waals surface area contributed by atoms with Gasteiger partial charge in [0.05, 0.1) is 12.8 Å². The van der Waals surface area contributed by atoms with E-state index in [1.165, 1.54) is 7.11 Å². The molecule has 1 heterocycles. The number of rotatable bonds is 5. The number of nitrogens with one attached hydrogen (secondary N) is 1. The van der Waals surface area contributed by atoms with Gasteiger partial charge in [-0.2, -0.15) is 5.10 Å². The first-order valence-electron chi connectivity index (χ1n) is 5.90. The van der Waals surface area contributed by atoms with Crippen LogP contribution in [0.15, 0.2) is 36.7 Å². The molecule has 0 atom stereocenters. The average Bonchev–Trinajstić information content (AvgIpc) is 2.91. The minimum atomic E-state index is -0.0985. The van der Waals surface area contributed by atoms with E-state index in [1.807, 2.05) is 12.3 Å². The smallest absolute Gasteiger partial charge is 0.226 e. The lowest BCUT2D eigenvalue weighted by molar-refractivity contribution is -0.116. The highest BCUT2D eigenvalue weighted by Crippen LogP contribution is 2.26. The number of hydrogen-bond acceptors (Lipinski definition) is 4. The lowest BCUT2D eigenvalue weighted by atomic mass is 10.2. The van der Waals surface area contributed by atoms with Crippen LogP contribution >= 0.6 is 0 Å². The number of nitrogens with zero attached hydrogens (tertiary/aromatic N) is 2. The molecule has 100 valence electrons. The Morgan fingerprint density at radius 2 is 2.37 bits per heavy atom. The van der Waals surface area contributed by atoms with Crippen LogP contribution in [-0.2, 0) is 11.3 Å². The Labute approximate surface area is 111 Å². The number of nitrogens with two attached hydrogens (primary N) is 1. The first-order valence-corrected chi connectivity index (χ1v) is 5.90. The molecule has 1 aromatic carbocycles. The number of hydrogen-bond donors (Lipinski definition) is 2. The summed E-state index contributed by atoms with van der Waals surface area (Å²) in [7, 11) is 1.54. The number of nitrogen functional groups attached to an aromatic ring is 1. The molecule has 0 radical (unpaired) electrons. The van der Waals surface area contributed by atoms with E-state index < -0.39 is 0 Å². The Balaban J connectivity index is 1.95. The molecule has 0 aliphatic rings. The highest BCUT2D eigenvalue weighted by atomic mass is 16.5. The van der Waals surface area contributed by atoms with Crippen LogP contribution < -0.4 is 15.8 Å². The second-order valence-corrected chi connectivity index (χ2v) is 4.03. The first kappa shape index (κ1) is 12.9. The number of carbonyl (C=O) groups is 1. The topological polar surface area (TPSA) is 82.2 Å². The Bertz CT molecular complexity index is 552. The molecule has 1 amide bonds. The van der Waals surface area contributed by atoms with E-state index in [0.717, 1.165) is 0 Å². The van der Waals surface area contributed by atoms with Gasteiger partial charge in [-0.1, -0.05) is 0 Å². The largest absolute Gasteiger partial charge is 0.494 e. The second-order valence-electron chi connectivity index (χ2n) is 4.03. The van der Waals surface area contributed by atoms with Crippen LogP contribution in [0.4, 0.5) is 11.4 Å². The normalized spacial score (nSPS) is 10.2. The molecular weight excluding hydrogens is 244 g/mol. The van der Waals surface area contributed by atoms with Crippen LogP contribution in [0.3, 0.4) is 0 Å². The summed E-state index contributed by atoms with van der Waals surface area (Å²) in [5.41, 5.74) is 6.85. The van der Waals surface area contributed by atoms with Crippen molar-refractivity contribution in [1.29, 1.82) is 0 Å². The molecule has 0 aliphatic heterocycles. The quantitative estimate of drug-likeness (QED) is 0.798. The predicted octanol–water partition coefficient (Wildman–Crippen LogP) is 1.50. The summed E-state index contributed by atoms with van der Waals surface area (Å²) in [5, 5.41) is 6.83. The van der Waals surface area contributed by atoms with Crippen LogP contribution in [0.25, 0.3) is 0 Å². The summed E-state index contributed by atoms with van der Waals surface area (Å²) in [6, 6.07) is 6.93. The van der Waals surface area contributed by atoms with Crippen LogP contribution in [0.2, 0.25) is 0 Å². The summed E-state index contributed by atoms with van der Waals surface area (Å²) in [4.78, 5) is 11.8. The summed E-state index contributed by atoms with van der Waals surface area (Å²) in [5.74, 6) is 0.450. The number of benzene rings is 1. The highest BCUT2D eigenvalue weighted by Gasteiger charge is 2.08. The van der Waals surface area contributed by atoms with Gasteiger partial charge in [-0.15, -0.1) is 0 Å². The molecule has 19 heavy (non-hydrogen) atoms. The monoisotopic (exact) mass is 260 g/mol. The number of aromatic nitrogens is 2. The number of amides is 1. The van der Waals surface area contributed by atoms with Gasteiger partial charge in [-0.05, 0) is 18.2 Å². The maximum Gasteiger partial charge on any atom is 0.226 e. The van der Waals surface area contributed by atoms with Crippen LogP contribution in [0, 0.1) is 0 Å². The van der Waals surface area contributed by atoms with Gasteiger partial charge in [0.1, 0.15) is 5.75 Å². The Morgan fingerprint density at radius 3 is 3.05 bits per heavy atom. The summed E-state index contributed by atoms with van der Waals surface area (Å²) < 4.78 is 6.87. The van der Waals surface area contributed by atoms with Gasteiger partial charge >= 0.3 is 0 Å². The molecule has 0 saturated heterocycles. The Hall–Kier alpha value is -2.50. The van der Waals surface area contributed by atoms with Crippen molar-refractivity contribution in [1.82, 2.24) is 9.78 Å². The van der Waals surface area contributed by atoms with Crippen molar-refractivity contribution < 1.29 is 9.53 Å². The van der Waals surface area contributed by atoms with Crippen LogP contribution in [-0.4, -0.2) is 22.8 Å². The molecule has 0 spiro atoms. The van der Waals surface area contributed by atoms with E-state index in [1.54, 1.807) is 29.1 Å². The fourth-order valence-electron chi connectivity index (χ4n) is 1.67. The van der Waals surface area contributed by atoms with Crippen molar-refractivity contribution in [3.05, 3.63) is 36.7 Å². The Kier molecular flexibility index (Phi) is 4.02. The lowest BCUT2D eigenvalue weighted by Gasteiger charge is -2.10. The van der Waals surface area contributed by atoms with E-state index in [-0.39, 0.29) is 5.91 Å². The molecule has 0 unspecified atom stereocenters. The summed E-state index contributed by atoms with van der Waals surface area (Å²) in [6.45, 7) is 0.538. The molecule has 2 rings (SSSR count). The maximum atomic E-state index is 11.8. The van der Waals surface area contributed by atoms with Gasteiger partial charge in [-0.25, -0.2) is 0 Å². The van der Waals surface area contributed by atoms with Crippen molar-refractivity contribution >= 4 is 17.3 Å². The van der Waals surface area contributed by atoms with Crippen molar-refractivity contribution in [2.45, 2.75) is 13.0 Å². The van der Waals surface area contributed by atoms with Crippen molar-refractivity contribution in [3.63, 3.8) is 0 Å². The molecule has 0 fully saturated rings. The summed E-state index contributed by atoms with van der Waals surface area (Å²) in [6.07, 6.45) is 3.84. The van der Waals surface area contributed by atoms with Gasteiger partial charge < -0.3 is 15.8 Å². The van der Waals surface area contributed by atoms with E-state index >= 15 is 0 Å². The number of carbonyl (C=O) groups excluding carboxylic acids is 1. The molecule has 3 N–H and O–H groups in total. The maximum absolute atomic E-state index is 11.8. The fraction of sp³-hybridized carbons (Fsp3) is 0.231. The number of aryl methyl sites for hydroxylation is 1. The number of ether oxygens (including phenoxy) is 1. The van der Waals surface area contributed by atoms with Gasteiger partial charge in [0.25, 0.3) is 0 Å². The molecular formula is C13H16N4O2. The zero-order valence-electron chi connectivity index (χ0n) is 10.7. The molecule has 2 aromatic rings. The molecule has 1 aromatic heterocycles. The standard InChI is InChI=1S/C13H16N4O2/c1-19-12-9-10(14)3-4-11(12)16-13(18)5-8-17-7-2-6-15-17/h2-4,6-7,9H,5,8,14H2,1H3,(H,16,18). The third-order valence-corrected chi connectivity index (χ3v) is 2.63. The number of methoxy groups -OCH3 is 1.